The topological polar surface area (TPSA) is 85.4 Å². The zero-order chi connectivity index (χ0) is 18.6. The number of para-hydroxylation sites is 2. The largest absolute Gasteiger partial charge is 0.486 e. The molecule has 2 aromatic rings. The summed E-state index contributed by atoms with van der Waals surface area (Å²) >= 11 is 2.82. The lowest BCUT2D eigenvalue weighted by atomic mass is 10.1. The van der Waals surface area contributed by atoms with Gasteiger partial charge in [-0.05, 0) is 32.9 Å². The Bertz CT molecular complexity index is 760. The zero-order valence-corrected chi connectivity index (χ0v) is 16.6. The van der Waals surface area contributed by atoms with Crippen molar-refractivity contribution in [1.29, 1.82) is 0 Å². The summed E-state index contributed by atoms with van der Waals surface area (Å²) < 4.78 is 12.2. The Labute approximate surface area is 160 Å². The van der Waals surface area contributed by atoms with Crippen molar-refractivity contribution in [3.05, 3.63) is 24.3 Å². The van der Waals surface area contributed by atoms with E-state index in [0.29, 0.717) is 18.9 Å². The highest BCUT2D eigenvalue weighted by Gasteiger charge is 2.21. The number of hydrogen-bond donors (Lipinski definition) is 2. The maximum absolute atomic E-state index is 12.1. The SMILES string of the molecule is CC(C)(C)Nc1nnc(SCC(=O)NCC2COc3ccccc3O2)s1. The zero-order valence-electron chi connectivity index (χ0n) is 14.9. The van der Waals surface area contributed by atoms with Crippen molar-refractivity contribution in [3.8, 4) is 11.5 Å². The van der Waals surface area contributed by atoms with Gasteiger partial charge in [0.1, 0.15) is 12.7 Å². The van der Waals surface area contributed by atoms with Crippen LogP contribution in [0.4, 0.5) is 5.13 Å². The molecule has 1 aromatic heterocycles. The number of anilines is 1. The molecule has 0 aliphatic carbocycles. The molecule has 0 fully saturated rings. The molecule has 1 aliphatic heterocycles. The van der Waals surface area contributed by atoms with Crippen LogP contribution in [0.2, 0.25) is 0 Å². The van der Waals surface area contributed by atoms with Gasteiger partial charge in [0.05, 0.1) is 12.3 Å². The molecule has 1 unspecified atom stereocenters. The van der Waals surface area contributed by atoms with Crippen LogP contribution in [0.1, 0.15) is 20.8 Å². The second kappa shape index (κ2) is 8.13. The average Bonchev–Trinajstić information content (AvgIpc) is 3.03. The molecular weight excluding hydrogens is 372 g/mol. The van der Waals surface area contributed by atoms with Crippen molar-refractivity contribution in [2.45, 2.75) is 36.8 Å². The van der Waals surface area contributed by atoms with Gasteiger partial charge in [0, 0.05) is 5.54 Å². The Morgan fingerprint density at radius 1 is 1.31 bits per heavy atom. The third kappa shape index (κ3) is 5.50. The quantitative estimate of drug-likeness (QED) is 0.729. The number of carbonyl (C=O) groups is 1. The van der Waals surface area contributed by atoms with E-state index in [9.17, 15) is 4.79 Å². The molecule has 26 heavy (non-hydrogen) atoms. The minimum Gasteiger partial charge on any atom is -0.486 e. The average molecular weight is 395 g/mol. The van der Waals surface area contributed by atoms with Crippen LogP contribution in [0, 0.1) is 0 Å². The Morgan fingerprint density at radius 3 is 2.85 bits per heavy atom. The number of fused-ring (bicyclic) bond motifs is 1. The minimum absolute atomic E-state index is 0.0699. The number of aromatic nitrogens is 2. The van der Waals surface area contributed by atoms with E-state index in [-0.39, 0.29) is 23.3 Å². The first-order valence-electron chi connectivity index (χ1n) is 8.29. The summed E-state index contributed by atoms with van der Waals surface area (Å²) in [5.41, 5.74) is -0.0699. The van der Waals surface area contributed by atoms with E-state index in [2.05, 4.69) is 41.6 Å². The standard InChI is InChI=1S/C17H22N4O3S2/c1-17(2,3)19-15-20-21-16(26-15)25-10-14(22)18-8-11-9-23-12-6-4-5-7-13(12)24-11/h4-7,11H,8-10H2,1-3H3,(H,18,22)(H,19,20). The van der Waals surface area contributed by atoms with Gasteiger partial charge in [0.25, 0.3) is 0 Å². The van der Waals surface area contributed by atoms with Crippen molar-refractivity contribution in [3.63, 3.8) is 0 Å². The summed E-state index contributed by atoms with van der Waals surface area (Å²) in [6.07, 6.45) is -0.192. The molecule has 140 valence electrons. The van der Waals surface area contributed by atoms with Crippen molar-refractivity contribution >= 4 is 34.1 Å². The monoisotopic (exact) mass is 394 g/mol. The van der Waals surface area contributed by atoms with Gasteiger partial charge in [-0.1, -0.05) is 35.2 Å². The van der Waals surface area contributed by atoms with Gasteiger partial charge in [-0.2, -0.15) is 0 Å². The lowest BCUT2D eigenvalue weighted by molar-refractivity contribution is -0.119. The molecule has 3 rings (SSSR count). The second-order valence-electron chi connectivity index (χ2n) is 6.84. The van der Waals surface area contributed by atoms with Crippen molar-refractivity contribution < 1.29 is 14.3 Å². The van der Waals surface area contributed by atoms with Crippen LogP contribution in [-0.4, -0.2) is 46.7 Å². The van der Waals surface area contributed by atoms with E-state index in [1.807, 2.05) is 24.3 Å². The van der Waals surface area contributed by atoms with Crippen molar-refractivity contribution in [2.75, 3.05) is 24.2 Å². The molecule has 1 atom stereocenters. The van der Waals surface area contributed by atoms with Crippen LogP contribution in [0.5, 0.6) is 11.5 Å². The van der Waals surface area contributed by atoms with Gasteiger partial charge >= 0.3 is 0 Å². The number of nitrogens with one attached hydrogen (secondary N) is 2. The second-order valence-corrected chi connectivity index (χ2v) is 9.04. The van der Waals surface area contributed by atoms with Gasteiger partial charge in [0.15, 0.2) is 15.8 Å². The normalized spacial score (nSPS) is 16.2. The number of nitrogens with zero attached hydrogens (tertiary/aromatic N) is 2. The van der Waals surface area contributed by atoms with E-state index in [0.717, 1.165) is 15.2 Å². The van der Waals surface area contributed by atoms with Gasteiger partial charge in [-0.25, -0.2) is 0 Å². The summed E-state index contributed by atoms with van der Waals surface area (Å²) in [4.78, 5) is 12.1. The fraction of sp³-hybridized carbons (Fsp3) is 0.471. The molecule has 1 aromatic carbocycles. The fourth-order valence-corrected chi connectivity index (χ4v) is 4.00. The van der Waals surface area contributed by atoms with Crippen molar-refractivity contribution in [1.82, 2.24) is 15.5 Å². The maximum atomic E-state index is 12.1. The molecule has 2 N–H and O–H groups in total. The molecule has 1 amide bonds. The Balaban J connectivity index is 1.40. The molecule has 0 saturated heterocycles. The molecule has 0 spiro atoms. The van der Waals surface area contributed by atoms with Crippen LogP contribution in [-0.2, 0) is 4.79 Å². The fourth-order valence-electron chi connectivity index (χ4n) is 2.21. The number of ether oxygens (including phenoxy) is 2. The number of benzene rings is 1. The molecule has 0 saturated carbocycles. The predicted octanol–water partition coefficient (Wildman–Crippen LogP) is 2.80. The highest BCUT2D eigenvalue weighted by molar-refractivity contribution is 8.01. The van der Waals surface area contributed by atoms with Crippen LogP contribution in [0.3, 0.4) is 0 Å². The molecule has 1 aliphatic rings. The third-order valence-corrected chi connectivity index (χ3v) is 5.28. The Morgan fingerprint density at radius 2 is 2.08 bits per heavy atom. The molecular formula is C17H22N4O3S2. The molecule has 0 bridgehead atoms. The number of thioether (sulfide) groups is 1. The van der Waals surface area contributed by atoms with E-state index >= 15 is 0 Å². The van der Waals surface area contributed by atoms with Crippen LogP contribution in [0.25, 0.3) is 0 Å². The van der Waals surface area contributed by atoms with Gasteiger partial charge in [-0.3, -0.25) is 4.79 Å². The smallest absolute Gasteiger partial charge is 0.230 e. The van der Waals surface area contributed by atoms with Crippen LogP contribution in [0.15, 0.2) is 28.6 Å². The van der Waals surface area contributed by atoms with Gasteiger partial charge < -0.3 is 20.1 Å². The van der Waals surface area contributed by atoms with Gasteiger partial charge in [0.2, 0.25) is 11.0 Å². The summed E-state index contributed by atoms with van der Waals surface area (Å²) in [7, 11) is 0. The van der Waals surface area contributed by atoms with E-state index < -0.39 is 0 Å². The lowest BCUT2D eigenvalue weighted by Crippen LogP contribution is -2.41. The molecule has 9 heteroatoms. The van der Waals surface area contributed by atoms with E-state index in [4.69, 9.17) is 9.47 Å². The summed E-state index contributed by atoms with van der Waals surface area (Å²) in [6, 6.07) is 7.52. The van der Waals surface area contributed by atoms with E-state index in [1.165, 1.54) is 23.1 Å². The number of carbonyl (C=O) groups excluding carboxylic acids is 1. The molecule has 0 radical (unpaired) electrons. The summed E-state index contributed by atoms with van der Waals surface area (Å²) in [5, 5.41) is 15.1. The van der Waals surface area contributed by atoms with Crippen LogP contribution < -0.4 is 20.1 Å². The van der Waals surface area contributed by atoms with Gasteiger partial charge in [-0.15, -0.1) is 10.2 Å². The summed E-state index contributed by atoms with van der Waals surface area (Å²) in [6.45, 7) is 7.00. The first kappa shape index (κ1) is 18.8. The van der Waals surface area contributed by atoms with E-state index in [1.54, 1.807) is 0 Å². The third-order valence-electron chi connectivity index (χ3n) is 3.31. The highest BCUT2D eigenvalue weighted by atomic mass is 32.2. The van der Waals surface area contributed by atoms with Crippen molar-refractivity contribution in [2.24, 2.45) is 0 Å². The lowest BCUT2D eigenvalue weighted by Gasteiger charge is -2.26. The van der Waals surface area contributed by atoms with Crippen LogP contribution >= 0.6 is 23.1 Å². The predicted molar refractivity (Wildman–Crippen MR) is 103 cm³/mol. The molecule has 7 nitrogen and oxygen atoms in total. The minimum atomic E-state index is -0.192. The maximum Gasteiger partial charge on any atom is 0.230 e. The first-order valence-corrected chi connectivity index (χ1v) is 10.1. The first-order chi connectivity index (χ1) is 12.4. The number of rotatable bonds is 6. The summed E-state index contributed by atoms with van der Waals surface area (Å²) in [5.74, 6) is 1.66. The highest BCUT2D eigenvalue weighted by Crippen LogP contribution is 2.30. The molecule has 2 heterocycles. The number of hydrogen-bond acceptors (Lipinski definition) is 8. The Hall–Kier alpha value is -2.00. The number of amides is 1. The Kier molecular flexibility index (Phi) is 5.87.